The van der Waals surface area contributed by atoms with Crippen molar-refractivity contribution in [1.82, 2.24) is 0 Å². The van der Waals surface area contributed by atoms with E-state index in [2.05, 4.69) is 0 Å². The molecule has 1 unspecified atom stereocenters. The second-order valence-corrected chi connectivity index (χ2v) is 3.35. The van der Waals surface area contributed by atoms with Crippen LogP contribution in [0.1, 0.15) is 5.56 Å². The number of hydrogen-bond donors (Lipinski definition) is 1. The van der Waals surface area contributed by atoms with Crippen LogP contribution in [0, 0.1) is 11.6 Å². The number of ether oxygens (including phenoxy) is 2. The highest BCUT2D eigenvalue weighted by molar-refractivity contribution is 5.19. The topological polar surface area (TPSA) is 38.7 Å². The van der Waals surface area contributed by atoms with Crippen molar-refractivity contribution < 1.29 is 23.4 Å². The molecule has 0 aliphatic heterocycles. The molecule has 5 heteroatoms. The van der Waals surface area contributed by atoms with Crippen molar-refractivity contribution in [2.45, 2.75) is 18.8 Å². The predicted octanol–water partition coefficient (Wildman–Crippen LogP) is 1.49. The van der Waals surface area contributed by atoms with Gasteiger partial charge in [-0.15, -0.1) is 0 Å². The van der Waals surface area contributed by atoms with Crippen molar-refractivity contribution in [2.24, 2.45) is 0 Å². The third-order valence-electron chi connectivity index (χ3n) is 2.22. The van der Waals surface area contributed by atoms with Gasteiger partial charge >= 0.3 is 0 Å². The number of hydrogen-bond acceptors (Lipinski definition) is 3. The monoisotopic (exact) mass is 232 g/mol. The molecule has 0 heterocycles. The third kappa shape index (κ3) is 3.23. The van der Waals surface area contributed by atoms with Crippen LogP contribution in [0.5, 0.6) is 0 Å². The summed E-state index contributed by atoms with van der Waals surface area (Å²) < 4.78 is 35.7. The van der Waals surface area contributed by atoms with E-state index in [1.165, 1.54) is 14.2 Å². The fourth-order valence-corrected chi connectivity index (χ4v) is 1.43. The molecule has 1 rings (SSSR count). The van der Waals surface area contributed by atoms with Gasteiger partial charge in [-0.3, -0.25) is 0 Å². The lowest BCUT2D eigenvalue weighted by molar-refractivity contribution is -0.163. The number of aliphatic hydroxyl groups excluding tert-OH is 1. The summed E-state index contributed by atoms with van der Waals surface area (Å²) in [4.78, 5) is 0. The van der Waals surface area contributed by atoms with Crippen LogP contribution in [0.2, 0.25) is 0 Å². The van der Waals surface area contributed by atoms with Crippen molar-refractivity contribution in [3.63, 3.8) is 0 Å². The van der Waals surface area contributed by atoms with Crippen molar-refractivity contribution in [3.8, 4) is 0 Å². The average molecular weight is 232 g/mol. The van der Waals surface area contributed by atoms with Gasteiger partial charge in [0, 0.05) is 20.6 Å². The Labute approximate surface area is 92.6 Å². The van der Waals surface area contributed by atoms with Crippen LogP contribution < -0.4 is 0 Å². The zero-order chi connectivity index (χ0) is 12.1. The molecule has 0 saturated heterocycles. The molecular formula is C11H14F2O3. The van der Waals surface area contributed by atoms with Gasteiger partial charge in [-0.25, -0.2) is 8.78 Å². The summed E-state index contributed by atoms with van der Waals surface area (Å²) >= 11 is 0. The number of aliphatic hydroxyl groups is 1. The smallest absolute Gasteiger partial charge is 0.183 e. The van der Waals surface area contributed by atoms with Gasteiger partial charge in [0.25, 0.3) is 0 Å². The summed E-state index contributed by atoms with van der Waals surface area (Å²) in [5.74, 6) is -1.11. The lowest BCUT2D eigenvalue weighted by atomic mass is 10.1. The van der Waals surface area contributed by atoms with E-state index in [1.54, 1.807) is 0 Å². The van der Waals surface area contributed by atoms with Gasteiger partial charge in [0.05, 0.1) is 0 Å². The van der Waals surface area contributed by atoms with E-state index in [0.717, 1.165) is 18.2 Å². The molecule has 0 aliphatic carbocycles. The second-order valence-electron chi connectivity index (χ2n) is 3.35. The summed E-state index contributed by atoms with van der Waals surface area (Å²) in [7, 11) is 2.72. The Morgan fingerprint density at radius 3 is 2.44 bits per heavy atom. The molecule has 16 heavy (non-hydrogen) atoms. The molecule has 1 N–H and O–H groups in total. The van der Waals surface area contributed by atoms with Gasteiger partial charge in [0.1, 0.15) is 17.7 Å². The van der Waals surface area contributed by atoms with E-state index in [9.17, 15) is 13.9 Å². The first-order valence-electron chi connectivity index (χ1n) is 4.76. The molecule has 0 spiro atoms. The van der Waals surface area contributed by atoms with Gasteiger partial charge < -0.3 is 14.6 Å². The SMILES string of the molecule is COC(OC)C(O)Cc1cc(F)ccc1F. The van der Waals surface area contributed by atoms with Crippen LogP contribution in [-0.2, 0) is 15.9 Å². The molecule has 0 radical (unpaired) electrons. The standard InChI is InChI=1S/C11H14F2O3/c1-15-11(16-2)10(14)6-7-5-8(12)3-4-9(7)13/h3-5,10-11,14H,6H2,1-2H3. The van der Waals surface area contributed by atoms with Crippen LogP contribution in [-0.4, -0.2) is 31.7 Å². The Morgan fingerprint density at radius 2 is 1.88 bits per heavy atom. The summed E-state index contributed by atoms with van der Waals surface area (Å²) in [5, 5.41) is 9.64. The van der Waals surface area contributed by atoms with Crippen LogP contribution in [0.25, 0.3) is 0 Å². The van der Waals surface area contributed by atoms with Crippen LogP contribution in [0.15, 0.2) is 18.2 Å². The van der Waals surface area contributed by atoms with Gasteiger partial charge in [-0.1, -0.05) is 0 Å². The Bertz CT molecular complexity index is 340. The highest BCUT2D eigenvalue weighted by Gasteiger charge is 2.20. The second kappa shape index (κ2) is 5.89. The zero-order valence-electron chi connectivity index (χ0n) is 9.11. The highest BCUT2D eigenvalue weighted by Crippen LogP contribution is 2.14. The van der Waals surface area contributed by atoms with Gasteiger partial charge in [-0.05, 0) is 23.8 Å². The van der Waals surface area contributed by atoms with Crippen molar-refractivity contribution in [2.75, 3.05) is 14.2 Å². The Hall–Kier alpha value is -1.04. The molecule has 3 nitrogen and oxygen atoms in total. The molecule has 1 aromatic rings. The van der Waals surface area contributed by atoms with Gasteiger partial charge in [0.15, 0.2) is 6.29 Å². The molecule has 90 valence electrons. The minimum atomic E-state index is -1.05. The average Bonchev–Trinajstić information content (AvgIpc) is 2.25. The van der Waals surface area contributed by atoms with E-state index in [4.69, 9.17) is 9.47 Å². The molecule has 0 saturated carbocycles. The molecular weight excluding hydrogens is 218 g/mol. The molecule has 0 bridgehead atoms. The van der Waals surface area contributed by atoms with Crippen molar-refractivity contribution >= 4 is 0 Å². The molecule has 1 aromatic carbocycles. The first-order chi connectivity index (χ1) is 7.58. The fraction of sp³-hybridized carbons (Fsp3) is 0.455. The molecule has 0 aromatic heterocycles. The maximum Gasteiger partial charge on any atom is 0.183 e. The Balaban J connectivity index is 2.75. The van der Waals surface area contributed by atoms with Crippen LogP contribution in [0.3, 0.4) is 0 Å². The summed E-state index contributed by atoms with van der Waals surface area (Å²) in [5.41, 5.74) is 0.0894. The number of rotatable bonds is 5. The third-order valence-corrected chi connectivity index (χ3v) is 2.22. The quantitative estimate of drug-likeness (QED) is 0.782. The van der Waals surface area contributed by atoms with Gasteiger partial charge in [0.2, 0.25) is 0 Å². The van der Waals surface area contributed by atoms with E-state index in [0.29, 0.717) is 0 Å². The van der Waals surface area contributed by atoms with Gasteiger partial charge in [-0.2, -0.15) is 0 Å². The molecule has 0 aliphatic rings. The lowest BCUT2D eigenvalue weighted by Gasteiger charge is -2.20. The zero-order valence-corrected chi connectivity index (χ0v) is 9.11. The van der Waals surface area contributed by atoms with E-state index in [1.807, 2.05) is 0 Å². The first-order valence-corrected chi connectivity index (χ1v) is 4.76. The minimum Gasteiger partial charge on any atom is -0.387 e. The normalized spacial score (nSPS) is 13.1. The van der Waals surface area contributed by atoms with E-state index in [-0.39, 0.29) is 12.0 Å². The maximum absolute atomic E-state index is 13.2. The fourth-order valence-electron chi connectivity index (χ4n) is 1.43. The summed E-state index contributed by atoms with van der Waals surface area (Å²) in [6, 6.07) is 3.09. The first kappa shape index (κ1) is 13.0. The summed E-state index contributed by atoms with van der Waals surface area (Å²) in [6.45, 7) is 0. The van der Waals surface area contributed by atoms with Crippen molar-refractivity contribution in [1.29, 1.82) is 0 Å². The summed E-state index contributed by atoms with van der Waals surface area (Å²) in [6.07, 6.45) is -1.98. The molecule has 0 fully saturated rings. The Morgan fingerprint density at radius 1 is 1.25 bits per heavy atom. The Kier molecular flexibility index (Phi) is 4.79. The largest absolute Gasteiger partial charge is 0.387 e. The van der Waals surface area contributed by atoms with Crippen molar-refractivity contribution in [3.05, 3.63) is 35.4 Å². The number of benzene rings is 1. The molecule has 0 amide bonds. The van der Waals surface area contributed by atoms with E-state index >= 15 is 0 Å². The minimum absolute atomic E-state index is 0.0735. The highest BCUT2D eigenvalue weighted by atomic mass is 19.1. The maximum atomic E-state index is 13.2. The van der Waals surface area contributed by atoms with E-state index < -0.39 is 24.0 Å². The number of methoxy groups -OCH3 is 2. The number of halogens is 2. The lowest BCUT2D eigenvalue weighted by Crippen LogP contribution is -2.31. The van der Waals surface area contributed by atoms with Crippen LogP contribution >= 0.6 is 0 Å². The predicted molar refractivity (Wildman–Crippen MR) is 53.9 cm³/mol. The van der Waals surface area contributed by atoms with Crippen LogP contribution in [0.4, 0.5) is 8.78 Å². The molecule has 1 atom stereocenters.